The van der Waals surface area contributed by atoms with Crippen LogP contribution in [0.5, 0.6) is 5.75 Å². The van der Waals surface area contributed by atoms with Crippen LogP contribution in [0.4, 0.5) is 0 Å². The van der Waals surface area contributed by atoms with E-state index in [1.165, 1.54) is 22.1 Å². The summed E-state index contributed by atoms with van der Waals surface area (Å²) in [7, 11) is 1.62. The van der Waals surface area contributed by atoms with Gasteiger partial charge in [0.05, 0.1) is 19.3 Å². The molecule has 4 aromatic rings. The Morgan fingerprint density at radius 3 is 2.74 bits per heavy atom. The number of nitrogens with zero attached hydrogens (tertiary/aromatic N) is 5. The van der Waals surface area contributed by atoms with Crippen LogP contribution in [0, 0.1) is 0 Å². The van der Waals surface area contributed by atoms with Crippen LogP contribution in [0.15, 0.2) is 65.0 Å². The minimum atomic E-state index is -0.789. The molecule has 0 aliphatic rings. The molecule has 0 radical (unpaired) electrons. The lowest BCUT2D eigenvalue weighted by atomic mass is 10.2. The summed E-state index contributed by atoms with van der Waals surface area (Å²) >= 11 is 1.49. The molecule has 0 fully saturated rings. The summed E-state index contributed by atoms with van der Waals surface area (Å²) in [5, 5.41) is 13.9. The van der Waals surface area contributed by atoms with E-state index in [2.05, 4.69) is 20.5 Å². The zero-order chi connectivity index (χ0) is 21.8. The molecule has 3 heterocycles. The minimum absolute atomic E-state index is 0.253. The molecule has 9 nitrogen and oxygen atoms in total. The van der Waals surface area contributed by atoms with Gasteiger partial charge in [-0.25, -0.2) is 14.3 Å². The number of carbonyl (C=O) groups excluding carboxylic acids is 1. The number of thiazole rings is 1. The van der Waals surface area contributed by atoms with Crippen molar-refractivity contribution in [2.45, 2.75) is 19.5 Å². The van der Waals surface area contributed by atoms with Gasteiger partial charge in [-0.3, -0.25) is 9.59 Å². The summed E-state index contributed by atoms with van der Waals surface area (Å²) in [6.07, 6.45) is 3.33. The summed E-state index contributed by atoms with van der Waals surface area (Å²) in [5.41, 5.74) is 1.35. The molecule has 0 bridgehead atoms. The Bertz CT molecular complexity index is 1230. The number of carbonyl (C=O) groups is 1. The second kappa shape index (κ2) is 8.92. The van der Waals surface area contributed by atoms with E-state index in [0.717, 1.165) is 26.7 Å². The zero-order valence-corrected chi connectivity index (χ0v) is 17.7. The highest BCUT2D eigenvalue weighted by Gasteiger charge is 2.18. The third kappa shape index (κ3) is 4.53. The highest BCUT2D eigenvalue weighted by molar-refractivity contribution is 7.13. The van der Waals surface area contributed by atoms with Crippen LogP contribution in [0.1, 0.15) is 18.7 Å². The molecule has 1 aromatic carbocycles. The molecule has 1 amide bonds. The van der Waals surface area contributed by atoms with Crippen molar-refractivity contribution in [1.82, 2.24) is 29.9 Å². The number of hydrogen-bond acceptors (Lipinski definition) is 7. The molecule has 1 unspecified atom stereocenters. The highest BCUT2D eigenvalue weighted by atomic mass is 32.1. The van der Waals surface area contributed by atoms with Gasteiger partial charge >= 0.3 is 0 Å². The van der Waals surface area contributed by atoms with Crippen molar-refractivity contribution in [2.24, 2.45) is 0 Å². The normalized spacial score (nSPS) is 11.8. The van der Waals surface area contributed by atoms with Crippen LogP contribution in [-0.2, 0) is 11.3 Å². The van der Waals surface area contributed by atoms with Gasteiger partial charge in [0.15, 0.2) is 5.82 Å². The number of amides is 1. The molecule has 1 atom stereocenters. The fourth-order valence-electron chi connectivity index (χ4n) is 2.91. The van der Waals surface area contributed by atoms with E-state index in [1.54, 1.807) is 38.6 Å². The molecular formula is C21H20N6O3S. The lowest BCUT2D eigenvalue weighted by Crippen LogP contribution is -2.37. The topological polar surface area (TPSA) is 104 Å². The number of hydrogen-bond donors (Lipinski definition) is 1. The second-order valence-corrected chi connectivity index (χ2v) is 7.55. The SMILES string of the molecule is COc1ccc(-c2nc(CNC(=O)C(C)n3nc(-n4cccn4)ccc3=O)cs2)cc1. The highest BCUT2D eigenvalue weighted by Crippen LogP contribution is 2.25. The summed E-state index contributed by atoms with van der Waals surface area (Å²) in [5.74, 6) is 0.904. The monoisotopic (exact) mass is 436 g/mol. The van der Waals surface area contributed by atoms with E-state index >= 15 is 0 Å². The van der Waals surface area contributed by atoms with Crippen LogP contribution >= 0.6 is 11.3 Å². The molecule has 0 spiro atoms. The predicted molar refractivity (Wildman–Crippen MR) is 116 cm³/mol. The van der Waals surface area contributed by atoms with Gasteiger partial charge in [0.2, 0.25) is 5.91 Å². The molecule has 10 heteroatoms. The van der Waals surface area contributed by atoms with Crippen LogP contribution in [0.25, 0.3) is 16.4 Å². The Hall–Kier alpha value is -3.79. The third-order valence-corrected chi connectivity index (χ3v) is 5.57. The van der Waals surface area contributed by atoms with E-state index in [-0.39, 0.29) is 18.0 Å². The van der Waals surface area contributed by atoms with Gasteiger partial charge in [-0.15, -0.1) is 16.4 Å². The van der Waals surface area contributed by atoms with Crippen molar-refractivity contribution >= 4 is 17.2 Å². The van der Waals surface area contributed by atoms with Gasteiger partial charge in [0.1, 0.15) is 16.8 Å². The number of rotatable bonds is 7. The molecule has 0 saturated carbocycles. The fraction of sp³-hybridized carbons (Fsp3) is 0.190. The number of ether oxygens (including phenoxy) is 1. The van der Waals surface area contributed by atoms with Gasteiger partial charge in [0, 0.05) is 29.4 Å². The first kappa shape index (κ1) is 20.5. The Labute approximate surface area is 181 Å². The average Bonchev–Trinajstić information content (AvgIpc) is 3.50. The molecule has 1 N–H and O–H groups in total. The molecule has 3 aromatic heterocycles. The van der Waals surface area contributed by atoms with E-state index in [1.807, 2.05) is 29.6 Å². The minimum Gasteiger partial charge on any atom is -0.497 e. The van der Waals surface area contributed by atoms with Crippen LogP contribution in [0.3, 0.4) is 0 Å². The third-order valence-electron chi connectivity index (χ3n) is 4.63. The van der Waals surface area contributed by atoms with E-state index in [0.29, 0.717) is 5.82 Å². The van der Waals surface area contributed by atoms with Gasteiger partial charge < -0.3 is 10.1 Å². The predicted octanol–water partition coefficient (Wildman–Crippen LogP) is 2.44. The standard InChI is InChI=1S/C21H20N6O3S/c1-14(27-19(28)9-8-18(25-27)26-11-3-10-23-26)20(29)22-12-16-13-31-21(24-16)15-4-6-17(30-2)7-5-15/h3-11,13-14H,12H2,1-2H3,(H,22,29). The Balaban J connectivity index is 1.43. The van der Waals surface area contributed by atoms with Crippen LogP contribution < -0.4 is 15.6 Å². The summed E-state index contributed by atoms with van der Waals surface area (Å²) < 4.78 is 7.85. The molecule has 4 rings (SSSR count). The lowest BCUT2D eigenvalue weighted by molar-refractivity contribution is -0.124. The fourth-order valence-corrected chi connectivity index (χ4v) is 3.74. The molecule has 0 saturated heterocycles. The first-order valence-corrected chi connectivity index (χ1v) is 10.4. The van der Waals surface area contributed by atoms with Gasteiger partial charge in [-0.2, -0.15) is 5.10 Å². The van der Waals surface area contributed by atoms with Crippen LogP contribution in [0.2, 0.25) is 0 Å². The van der Waals surface area contributed by atoms with Crippen molar-refractivity contribution in [2.75, 3.05) is 7.11 Å². The van der Waals surface area contributed by atoms with Crippen molar-refractivity contribution < 1.29 is 9.53 Å². The van der Waals surface area contributed by atoms with Crippen molar-refractivity contribution in [3.63, 3.8) is 0 Å². The number of benzene rings is 1. The number of aromatic nitrogens is 5. The number of nitrogens with one attached hydrogen (secondary N) is 1. The summed E-state index contributed by atoms with van der Waals surface area (Å²) in [4.78, 5) is 29.5. The van der Waals surface area contributed by atoms with E-state index in [4.69, 9.17) is 4.74 Å². The Kier molecular flexibility index (Phi) is 5.89. The largest absolute Gasteiger partial charge is 0.497 e. The maximum atomic E-state index is 12.6. The summed E-state index contributed by atoms with van der Waals surface area (Å²) in [6, 6.07) is 11.5. The molecule has 31 heavy (non-hydrogen) atoms. The van der Waals surface area contributed by atoms with Crippen LogP contribution in [-0.4, -0.2) is 37.6 Å². The average molecular weight is 436 g/mol. The zero-order valence-electron chi connectivity index (χ0n) is 16.9. The van der Waals surface area contributed by atoms with Crippen molar-refractivity contribution in [3.8, 4) is 22.1 Å². The Morgan fingerprint density at radius 2 is 2.03 bits per heavy atom. The van der Waals surface area contributed by atoms with Gasteiger partial charge in [-0.05, 0) is 43.3 Å². The van der Waals surface area contributed by atoms with E-state index < -0.39 is 6.04 Å². The number of methoxy groups -OCH3 is 1. The molecule has 0 aliphatic heterocycles. The smallest absolute Gasteiger partial charge is 0.267 e. The molecule has 158 valence electrons. The van der Waals surface area contributed by atoms with E-state index in [9.17, 15) is 9.59 Å². The maximum absolute atomic E-state index is 12.6. The Morgan fingerprint density at radius 1 is 1.23 bits per heavy atom. The first-order valence-electron chi connectivity index (χ1n) is 9.51. The molecular weight excluding hydrogens is 416 g/mol. The maximum Gasteiger partial charge on any atom is 0.267 e. The van der Waals surface area contributed by atoms with Crippen molar-refractivity contribution in [3.05, 3.63) is 76.3 Å². The van der Waals surface area contributed by atoms with Gasteiger partial charge in [-0.1, -0.05) is 0 Å². The quantitative estimate of drug-likeness (QED) is 0.477. The lowest BCUT2D eigenvalue weighted by Gasteiger charge is -2.14. The summed E-state index contributed by atoms with van der Waals surface area (Å²) in [6.45, 7) is 1.88. The first-order chi connectivity index (χ1) is 15.0. The second-order valence-electron chi connectivity index (χ2n) is 6.69. The van der Waals surface area contributed by atoms with Gasteiger partial charge in [0.25, 0.3) is 5.56 Å². The van der Waals surface area contributed by atoms with Crippen molar-refractivity contribution in [1.29, 1.82) is 0 Å². The molecule has 0 aliphatic carbocycles.